The third-order valence-corrected chi connectivity index (χ3v) is 5.64. The molecule has 32 heavy (non-hydrogen) atoms. The lowest BCUT2D eigenvalue weighted by atomic mass is 9.95. The lowest BCUT2D eigenvalue weighted by Crippen LogP contribution is -2.31. The molecule has 158 valence electrons. The molecule has 0 aliphatic carbocycles. The van der Waals surface area contributed by atoms with Gasteiger partial charge in [0.25, 0.3) is 5.91 Å². The Hall–Kier alpha value is -3.85. The summed E-state index contributed by atoms with van der Waals surface area (Å²) in [7, 11) is 0. The Labute approximate surface area is 192 Å². The lowest BCUT2D eigenvalue weighted by molar-refractivity contribution is -0.113. The zero-order valence-electron chi connectivity index (χ0n) is 17.0. The van der Waals surface area contributed by atoms with Crippen LogP contribution in [0.2, 0.25) is 0 Å². The van der Waals surface area contributed by atoms with Gasteiger partial charge in [0.1, 0.15) is 11.9 Å². The largest absolute Gasteiger partial charge is 0.328 e. The fraction of sp³-hybridized carbons (Fsp3) is 0.0870. The van der Waals surface area contributed by atoms with Gasteiger partial charge in [-0.3, -0.25) is 9.78 Å². The number of pyridine rings is 2. The molecule has 0 radical (unpaired) electrons. The summed E-state index contributed by atoms with van der Waals surface area (Å²) < 4.78 is 2.69. The molecule has 1 atom stereocenters. The number of rotatable bonds is 4. The number of carbonyl (C=O) groups is 1. The number of amides is 1. The van der Waals surface area contributed by atoms with E-state index in [1.165, 1.54) is 0 Å². The number of hydrogen-bond acceptors (Lipinski definition) is 6. The van der Waals surface area contributed by atoms with Crippen molar-refractivity contribution < 1.29 is 4.79 Å². The molecule has 1 aliphatic rings. The van der Waals surface area contributed by atoms with Crippen LogP contribution in [0.25, 0.3) is 11.4 Å². The summed E-state index contributed by atoms with van der Waals surface area (Å²) in [4.78, 5) is 26.4. The standard InChI is InChI=1S/C23H18BrN7O/c1-14-19(22(32)28-18-6-2-3-12-26-18)20(15-7-9-17(24)10-8-15)31-23(27-14)29-21(30-31)16-5-4-11-25-13-16/h2-13,20H,1H3,(H,26,28,32)(H,27,29,30). The number of carbonyl (C=O) groups excluding carboxylic acids is 1. The summed E-state index contributed by atoms with van der Waals surface area (Å²) in [5.41, 5.74) is 2.93. The van der Waals surface area contributed by atoms with Crippen molar-refractivity contribution >= 4 is 33.6 Å². The minimum atomic E-state index is -0.471. The molecule has 1 aromatic carbocycles. The van der Waals surface area contributed by atoms with Crippen LogP contribution in [0.15, 0.2) is 88.9 Å². The van der Waals surface area contributed by atoms with Crippen LogP contribution in [0, 0.1) is 0 Å². The normalized spacial score (nSPS) is 15.1. The van der Waals surface area contributed by atoms with Crippen LogP contribution in [0.1, 0.15) is 18.5 Å². The summed E-state index contributed by atoms with van der Waals surface area (Å²) in [6.45, 7) is 1.86. The van der Waals surface area contributed by atoms with E-state index in [4.69, 9.17) is 5.10 Å². The first-order valence-corrected chi connectivity index (χ1v) is 10.7. The minimum absolute atomic E-state index is 0.259. The monoisotopic (exact) mass is 487 g/mol. The summed E-state index contributed by atoms with van der Waals surface area (Å²) in [6, 6.07) is 16.5. The van der Waals surface area contributed by atoms with Crippen molar-refractivity contribution in [2.75, 3.05) is 10.6 Å². The first-order valence-electron chi connectivity index (χ1n) is 9.93. The second kappa shape index (κ2) is 8.35. The Kier molecular flexibility index (Phi) is 5.24. The Morgan fingerprint density at radius 1 is 1.09 bits per heavy atom. The van der Waals surface area contributed by atoms with Crippen molar-refractivity contribution in [1.82, 2.24) is 24.7 Å². The fourth-order valence-corrected chi connectivity index (χ4v) is 3.90. The minimum Gasteiger partial charge on any atom is -0.328 e. The van der Waals surface area contributed by atoms with Gasteiger partial charge in [-0.05, 0) is 48.9 Å². The second-order valence-corrected chi connectivity index (χ2v) is 8.15. The smallest absolute Gasteiger partial charge is 0.257 e. The van der Waals surface area contributed by atoms with Crippen molar-refractivity contribution in [3.05, 3.63) is 94.5 Å². The van der Waals surface area contributed by atoms with Gasteiger partial charge in [0.05, 0.1) is 5.57 Å². The number of hydrogen-bond donors (Lipinski definition) is 2. The van der Waals surface area contributed by atoms with Gasteiger partial charge in [-0.15, -0.1) is 5.10 Å². The maximum Gasteiger partial charge on any atom is 0.257 e. The molecule has 4 aromatic rings. The van der Waals surface area contributed by atoms with E-state index in [2.05, 4.69) is 41.5 Å². The number of nitrogens with one attached hydrogen (secondary N) is 2. The van der Waals surface area contributed by atoms with Crippen LogP contribution >= 0.6 is 15.9 Å². The fourth-order valence-electron chi connectivity index (χ4n) is 3.64. The molecule has 1 aliphatic heterocycles. The zero-order chi connectivity index (χ0) is 22.1. The molecule has 1 unspecified atom stereocenters. The molecule has 0 saturated heterocycles. The second-order valence-electron chi connectivity index (χ2n) is 7.23. The SMILES string of the molecule is CC1=C(C(=O)Nc2ccccn2)C(c2ccc(Br)cc2)n2nc(-c3cccnc3)nc2N1. The highest BCUT2D eigenvalue weighted by atomic mass is 79.9. The summed E-state index contributed by atoms with van der Waals surface area (Å²) in [5.74, 6) is 1.31. The van der Waals surface area contributed by atoms with Crippen LogP contribution < -0.4 is 10.6 Å². The Morgan fingerprint density at radius 3 is 2.66 bits per heavy atom. The molecule has 0 spiro atoms. The van der Waals surface area contributed by atoms with Crippen LogP contribution in [-0.2, 0) is 4.79 Å². The third kappa shape index (κ3) is 3.78. The summed E-state index contributed by atoms with van der Waals surface area (Å²) in [5, 5.41) is 10.9. The summed E-state index contributed by atoms with van der Waals surface area (Å²) in [6.07, 6.45) is 5.05. The Balaban J connectivity index is 1.60. The van der Waals surface area contributed by atoms with E-state index in [9.17, 15) is 4.79 Å². The highest BCUT2D eigenvalue weighted by molar-refractivity contribution is 9.10. The molecule has 4 heterocycles. The topological polar surface area (TPSA) is 97.6 Å². The summed E-state index contributed by atoms with van der Waals surface area (Å²) >= 11 is 3.48. The van der Waals surface area contributed by atoms with E-state index in [1.807, 2.05) is 49.4 Å². The van der Waals surface area contributed by atoms with Crippen LogP contribution in [-0.4, -0.2) is 30.6 Å². The van der Waals surface area contributed by atoms with E-state index < -0.39 is 6.04 Å². The lowest BCUT2D eigenvalue weighted by Gasteiger charge is -2.28. The molecule has 8 nitrogen and oxygen atoms in total. The number of nitrogens with zero attached hydrogens (tertiary/aromatic N) is 5. The molecular formula is C23H18BrN7O. The molecule has 0 fully saturated rings. The maximum atomic E-state index is 13.4. The van der Waals surface area contributed by atoms with Crippen molar-refractivity contribution in [2.45, 2.75) is 13.0 Å². The third-order valence-electron chi connectivity index (χ3n) is 5.11. The molecule has 2 N–H and O–H groups in total. The van der Waals surface area contributed by atoms with Gasteiger partial charge >= 0.3 is 0 Å². The van der Waals surface area contributed by atoms with E-state index in [1.54, 1.807) is 35.4 Å². The first kappa shape index (κ1) is 20.1. The first-order chi connectivity index (χ1) is 15.6. The molecule has 9 heteroatoms. The molecule has 0 saturated carbocycles. The number of allylic oxidation sites excluding steroid dienone is 1. The number of fused-ring (bicyclic) bond motifs is 1. The van der Waals surface area contributed by atoms with Crippen molar-refractivity contribution in [3.8, 4) is 11.4 Å². The number of benzene rings is 1. The van der Waals surface area contributed by atoms with Crippen LogP contribution in [0.3, 0.4) is 0 Å². The Morgan fingerprint density at radius 2 is 1.94 bits per heavy atom. The average molecular weight is 488 g/mol. The molecule has 3 aromatic heterocycles. The molecule has 1 amide bonds. The molecule has 0 bridgehead atoms. The van der Waals surface area contributed by atoms with Crippen molar-refractivity contribution in [3.63, 3.8) is 0 Å². The number of anilines is 2. The van der Waals surface area contributed by atoms with Crippen molar-refractivity contribution in [1.29, 1.82) is 0 Å². The average Bonchev–Trinajstić information content (AvgIpc) is 3.23. The quantitative estimate of drug-likeness (QED) is 0.441. The van der Waals surface area contributed by atoms with Crippen LogP contribution in [0.4, 0.5) is 11.8 Å². The van der Waals surface area contributed by atoms with E-state index in [0.29, 0.717) is 28.9 Å². The highest BCUT2D eigenvalue weighted by Gasteiger charge is 2.34. The van der Waals surface area contributed by atoms with Gasteiger partial charge in [-0.1, -0.05) is 34.1 Å². The van der Waals surface area contributed by atoms with Gasteiger partial charge in [0.2, 0.25) is 5.95 Å². The molecule has 5 rings (SSSR count). The van der Waals surface area contributed by atoms with E-state index in [0.717, 1.165) is 15.6 Å². The van der Waals surface area contributed by atoms with E-state index >= 15 is 0 Å². The van der Waals surface area contributed by atoms with Gasteiger partial charge in [0, 0.05) is 34.3 Å². The maximum absolute atomic E-state index is 13.4. The van der Waals surface area contributed by atoms with Gasteiger partial charge < -0.3 is 10.6 Å². The zero-order valence-corrected chi connectivity index (χ0v) is 18.6. The van der Waals surface area contributed by atoms with Gasteiger partial charge in [0.15, 0.2) is 5.82 Å². The Bertz CT molecular complexity index is 1300. The van der Waals surface area contributed by atoms with Gasteiger partial charge in [-0.25, -0.2) is 9.67 Å². The number of aromatic nitrogens is 5. The molecular weight excluding hydrogens is 470 g/mol. The number of halogens is 1. The van der Waals surface area contributed by atoms with Gasteiger partial charge in [-0.2, -0.15) is 4.98 Å². The van der Waals surface area contributed by atoms with Crippen molar-refractivity contribution in [2.24, 2.45) is 0 Å². The predicted molar refractivity (Wildman–Crippen MR) is 125 cm³/mol. The van der Waals surface area contributed by atoms with E-state index in [-0.39, 0.29) is 5.91 Å². The highest BCUT2D eigenvalue weighted by Crippen LogP contribution is 2.37. The van der Waals surface area contributed by atoms with Crippen LogP contribution in [0.5, 0.6) is 0 Å². The predicted octanol–water partition coefficient (Wildman–Crippen LogP) is 4.43.